The van der Waals surface area contributed by atoms with Crippen LogP contribution >= 0.6 is 11.8 Å². The first-order valence-electron chi connectivity index (χ1n) is 10.2. The molecule has 8 nitrogen and oxygen atoms in total. The average Bonchev–Trinajstić information content (AvgIpc) is 3.48. The highest BCUT2D eigenvalue weighted by Crippen LogP contribution is 2.38. The number of anilines is 2. The Hall–Kier alpha value is -3.82. The topological polar surface area (TPSA) is 130 Å². The Morgan fingerprint density at radius 1 is 1.22 bits per heavy atom. The Morgan fingerprint density at radius 2 is 1.97 bits per heavy atom. The number of nitrogens with zero attached hydrogens (tertiary/aromatic N) is 4. The highest BCUT2D eigenvalue weighted by Gasteiger charge is 2.25. The molecule has 1 aromatic carbocycles. The Labute approximate surface area is 190 Å². The van der Waals surface area contributed by atoms with Gasteiger partial charge in [0, 0.05) is 37.1 Å². The number of nitrogens with one attached hydrogen (secondary N) is 3. The Bertz CT molecular complexity index is 1200. The molecule has 3 aromatic rings. The summed E-state index contributed by atoms with van der Waals surface area (Å²) < 4.78 is 0. The van der Waals surface area contributed by atoms with Crippen LogP contribution in [0.5, 0.6) is 0 Å². The molecule has 32 heavy (non-hydrogen) atoms. The van der Waals surface area contributed by atoms with Crippen molar-refractivity contribution in [2.45, 2.75) is 30.5 Å². The number of hydrogen-bond acceptors (Lipinski definition) is 7. The molecule has 1 saturated carbocycles. The van der Waals surface area contributed by atoms with E-state index >= 15 is 0 Å². The molecule has 0 bridgehead atoms. The van der Waals surface area contributed by atoms with E-state index in [-0.39, 0.29) is 5.91 Å². The first-order chi connectivity index (χ1) is 15.6. The summed E-state index contributed by atoms with van der Waals surface area (Å²) in [4.78, 5) is 23.3. The summed E-state index contributed by atoms with van der Waals surface area (Å²) in [6.45, 7) is 2.19. The molecule has 1 aliphatic rings. The van der Waals surface area contributed by atoms with E-state index in [1.807, 2.05) is 0 Å². The molecule has 0 radical (unpaired) electrons. The van der Waals surface area contributed by atoms with Crippen LogP contribution < -0.4 is 10.6 Å². The number of carbonyl (C=O) groups excluding carboxylic acids is 1. The lowest BCUT2D eigenvalue weighted by Crippen LogP contribution is -2.10. The van der Waals surface area contributed by atoms with Gasteiger partial charge in [0.15, 0.2) is 0 Å². The zero-order valence-electron chi connectivity index (χ0n) is 17.5. The summed E-state index contributed by atoms with van der Waals surface area (Å²) in [6.07, 6.45) is 5.77. The number of carbonyl (C=O) groups is 1. The standard InChI is InChI=1S/C23H21N7OS/c1-14(31)29-17-6-4-16(5-7-17)21-18(10-24)22(28-12-15-2-3-15)30-23(19(21)11-25)32-13-20-26-8-9-27-20/h4-9,15H,2-3,12-13H2,1H3,(H,26,27)(H,28,30)(H,29,31). The van der Waals surface area contributed by atoms with E-state index in [2.05, 4.69) is 37.7 Å². The van der Waals surface area contributed by atoms with Gasteiger partial charge in [-0.05, 0) is 36.5 Å². The molecule has 0 atom stereocenters. The summed E-state index contributed by atoms with van der Waals surface area (Å²) in [6, 6.07) is 11.6. The lowest BCUT2D eigenvalue weighted by atomic mass is 9.96. The highest BCUT2D eigenvalue weighted by atomic mass is 32.2. The van der Waals surface area contributed by atoms with Crippen LogP contribution in [0.25, 0.3) is 11.1 Å². The van der Waals surface area contributed by atoms with Crippen molar-refractivity contribution in [3.8, 4) is 23.3 Å². The fraction of sp³-hybridized carbons (Fsp3) is 0.261. The number of nitriles is 2. The second kappa shape index (κ2) is 9.54. The SMILES string of the molecule is CC(=O)Nc1ccc(-c2c(C#N)c(NCC3CC3)nc(SCc3ncc[nH]3)c2C#N)cc1. The van der Waals surface area contributed by atoms with Gasteiger partial charge in [0.25, 0.3) is 0 Å². The average molecular weight is 444 g/mol. The molecule has 2 aromatic heterocycles. The van der Waals surface area contributed by atoms with Gasteiger partial charge in [0.1, 0.15) is 34.4 Å². The van der Waals surface area contributed by atoms with Crippen molar-refractivity contribution in [1.82, 2.24) is 15.0 Å². The molecule has 1 aliphatic carbocycles. The van der Waals surface area contributed by atoms with Gasteiger partial charge in [-0.15, -0.1) is 0 Å². The molecule has 4 rings (SSSR count). The lowest BCUT2D eigenvalue weighted by Gasteiger charge is -2.16. The third-order valence-electron chi connectivity index (χ3n) is 5.04. The maximum Gasteiger partial charge on any atom is 0.221 e. The zero-order chi connectivity index (χ0) is 22.5. The number of pyridine rings is 1. The molecule has 2 heterocycles. The van der Waals surface area contributed by atoms with Crippen molar-refractivity contribution in [2.75, 3.05) is 17.2 Å². The third kappa shape index (κ3) is 4.90. The molecular weight excluding hydrogens is 422 g/mol. The van der Waals surface area contributed by atoms with E-state index in [0.29, 0.717) is 50.5 Å². The summed E-state index contributed by atoms with van der Waals surface area (Å²) in [5.41, 5.74) is 2.59. The van der Waals surface area contributed by atoms with E-state index < -0.39 is 0 Å². The Morgan fingerprint density at radius 3 is 2.56 bits per heavy atom. The van der Waals surface area contributed by atoms with Crippen molar-refractivity contribution in [2.24, 2.45) is 5.92 Å². The second-order valence-electron chi connectivity index (χ2n) is 7.52. The van der Waals surface area contributed by atoms with Gasteiger partial charge >= 0.3 is 0 Å². The number of imidazole rings is 1. The van der Waals surface area contributed by atoms with Crippen LogP contribution in [0.4, 0.5) is 11.5 Å². The predicted octanol–water partition coefficient (Wildman–Crippen LogP) is 4.29. The van der Waals surface area contributed by atoms with Gasteiger partial charge in [-0.25, -0.2) is 9.97 Å². The second-order valence-corrected chi connectivity index (χ2v) is 8.49. The summed E-state index contributed by atoms with van der Waals surface area (Å²) in [5, 5.41) is 26.6. The van der Waals surface area contributed by atoms with E-state index in [4.69, 9.17) is 0 Å². The van der Waals surface area contributed by atoms with E-state index in [9.17, 15) is 15.3 Å². The fourth-order valence-corrected chi connectivity index (χ4v) is 4.18. The lowest BCUT2D eigenvalue weighted by molar-refractivity contribution is -0.114. The van der Waals surface area contributed by atoms with Gasteiger partial charge in [0.05, 0.1) is 11.3 Å². The van der Waals surface area contributed by atoms with E-state index in [1.54, 1.807) is 36.7 Å². The van der Waals surface area contributed by atoms with Gasteiger partial charge in [-0.2, -0.15) is 10.5 Å². The van der Waals surface area contributed by atoms with Crippen molar-refractivity contribution in [1.29, 1.82) is 10.5 Å². The van der Waals surface area contributed by atoms with Crippen LogP contribution in [-0.4, -0.2) is 27.4 Å². The van der Waals surface area contributed by atoms with Gasteiger partial charge in [-0.1, -0.05) is 23.9 Å². The predicted molar refractivity (Wildman–Crippen MR) is 123 cm³/mol. The molecule has 9 heteroatoms. The molecule has 0 spiro atoms. The quantitative estimate of drug-likeness (QED) is 0.443. The van der Waals surface area contributed by atoms with Gasteiger partial charge in [-0.3, -0.25) is 4.79 Å². The fourth-order valence-electron chi connectivity index (χ4n) is 3.30. The summed E-state index contributed by atoms with van der Waals surface area (Å²) in [7, 11) is 0. The molecular formula is C23H21N7OS. The normalized spacial score (nSPS) is 12.6. The highest BCUT2D eigenvalue weighted by molar-refractivity contribution is 7.98. The number of aromatic nitrogens is 3. The first-order valence-corrected chi connectivity index (χ1v) is 11.2. The maximum atomic E-state index is 11.3. The minimum Gasteiger partial charge on any atom is -0.369 e. The number of H-pyrrole nitrogens is 1. The van der Waals surface area contributed by atoms with Crippen molar-refractivity contribution >= 4 is 29.2 Å². The summed E-state index contributed by atoms with van der Waals surface area (Å²) in [5.74, 6) is 2.21. The molecule has 1 amide bonds. The third-order valence-corrected chi connectivity index (χ3v) is 6.02. The molecule has 3 N–H and O–H groups in total. The van der Waals surface area contributed by atoms with Crippen LogP contribution in [0.2, 0.25) is 0 Å². The van der Waals surface area contributed by atoms with Gasteiger partial charge < -0.3 is 15.6 Å². The van der Waals surface area contributed by atoms with Crippen LogP contribution in [0, 0.1) is 28.6 Å². The van der Waals surface area contributed by atoms with Crippen molar-refractivity contribution < 1.29 is 4.79 Å². The number of rotatable bonds is 8. The van der Waals surface area contributed by atoms with Crippen LogP contribution in [0.15, 0.2) is 41.7 Å². The summed E-state index contributed by atoms with van der Waals surface area (Å²) >= 11 is 1.40. The van der Waals surface area contributed by atoms with Crippen molar-refractivity contribution in [3.05, 3.63) is 53.6 Å². The molecule has 0 unspecified atom stereocenters. The number of amides is 1. The van der Waals surface area contributed by atoms with Crippen molar-refractivity contribution in [3.63, 3.8) is 0 Å². The number of thioether (sulfide) groups is 1. The molecule has 0 saturated heterocycles. The van der Waals surface area contributed by atoms with Crippen LogP contribution in [0.1, 0.15) is 36.7 Å². The molecule has 1 fully saturated rings. The minimum atomic E-state index is -0.166. The Balaban J connectivity index is 1.78. The zero-order valence-corrected chi connectivity index (χ0v) is 18.3. The number of aromatic amines is 1. The van der Waals surface area contributed by atoms with E-state index in [1.165, 1.54) is 31.5 Å². The smallest absolute Gasteiger partial charge is 0.221 e. The first kappa shape index (κ1) is 21.4. The van der Waals surface area contributed by atoms with E-state index in [0.717, 1.165) is 12.4 Å². The van der Waals surface area contributed by atoms with Crippen LogP contribution in [0.3, 0.4) is 0 Å². The number of hydrogen-bond donors (Lipinski definition) is 3. The van der Waals surface area contributed by atoms with Gasteiger partial charge in [0.2, 0.25) is 5.91 Å². The van der Waals surface area contributed by atoms with Crippen LogP contribution in [-0.2, 0) is 10.5 Å². The number of benzene rings is 1. The molecule has 0 aliphatic heterocycles. The largest absolute Gasteiger partial charge is 0.369 e. The minimum absolute atomic E-state index is 0.166. The molecule has 160 valence electrons. The maximum absolute atomic E-state index is 11.3. The Kier molecular flexibility index (Phi) is 6.39. The monoisotopic (exact) mass is 443 g/mol.